The minimum Gasteiger partial charge on any atom is -0.463 e. The molecule has 0 saturated carbocycles. The number of carbonyl (C=O) groups excluding carboxylic acids is 1. The molecule has 0 heterocycles. The molecule has 0 aromatic carbocycles. The Morgan fingerprint density at radius 2 is 2.33 bits per heavy atom. The van der Waals surface area contributed by atoms with Crippen LogP contribution in [0.5, 0.6) is 0 Å². The van der Waals surface area contributed by atoms with E-state index in [1.807, 2.05) is 0 Å². The largest absolute Gasteiger partial charge is 0.463 e. The van der Waals surface area contributed by atoms with Crippen molar-refractivity contribution < 1.29 is 19.0 Å². The van der Waals surface area contributed by atoms with E-state index in [0.717, 1.165) is 6.08 Å². The van der Waals surface area contributed by atoms with Crippen molar-refractivity contribution in [2.45, 2.75) is 6.42 Å². The molecule has 0 aliphatic carbocycles. The van der Waals surface area contributed by atoms with Crippen molar-refractivity contribution in [3.8, 4) is 0 Å². The summed E-state index contributed by atoms with van der Waals surface area (Å²) in [6.07, 6.45) is 1.64. The lowest BCUT2D eigenvalue weighted by molar-refractivity contribution is -0.137. The molecule has 0 spiro atoms. The van der Waals surface area contributed by atoms with Gasteiger partial charge in [-0.2, -0.15) is 0 Å². The Labute approximate surface area is 71.7 Å². The van der Waals surface area contributed by atoms with Gasteiger partial charge in [-0.25, -0.2) is 4.79 Å². The summed E-state index contributed by atoms with van der Waals surface area (Å²) in [6.45, 7) is 4.66. The number of ether oxygens (including phenoxy) is 1. The Kier molecular flexibility index (Phi) is 4.86. The van der Waals surface area contributed by atoms with Crippen LogP contribution in [0.2, 0.25) is 0 Å². The van der Waals surface area contributed by atoms with E-state index in [-0.39, 0.29) is 12.8 Å². The average Bonchev–Trinajstić information content (AvgIpc) is 1.96. The highest BCUT2D eigenvalue weighted by atomic mass is 31.2. The summed E-state index contributed by atoms with van der Waals surface area (Å²) in [5.41, 5.74) is 0. The van der Waals surface area contributed by atoms with E-state index >= 15 is 0 Å². The molecule has 0 aliphatic heterocycles. The van der Waals surface area contributed by atoms with E-state index in [4.69, 9.17) is 4.89 Å². The molecule has 0 saturated heterocycles. The fourth-order valence-electron chi connectivity index (χ4n) is 0.590. The number of rotatable bonds is 5. The predicted molar refractivity (Wildman–Crippen MR) is 46.4 cm³/mol. The van der Waals surface area contributed by atoms with E-state index in [2.05, 4.69) is 11.3 Å². The van der Waals surface area contributed by atoms with Gasteiger partial charge in [0.1, 0.15) is 0 Å². The first-order valence-electron chi connectivity index (χ1n) is 3.54. The van der Waals surface area contributed by atoms with E-state index in [1.54, 1.807) is 0 Å². The Bertz CT molecular complexity index is 205. The summed E-state index contributed by atoms with van der Waals surface area (Å²) in [5, 5.41) is 0. The molecule has 1 N–H and O–H groups in total. The normalized spacial score (nSPS) is 14.8. The van der Waals surface area contributed by atoms with E-state index < -0.39 is 13.3 Å². The van der Waals surface area contributed by atoms with Gasteiger partial charge in [0, 0.05) is 18.9 Å². The van der Waals surface area contributed by atoms with Gasteiger partial charge in [-0.3, -0.25) is 4.57 Å². The van der Waals surface area contributed by atoms with Gasteiger partial charge in [0.2, 0.25) is 0 Å². The van der Waals surface area contributed by atoms with Crippen LogP contribution in [-0.4, -0.2) is 30.3 Å². The molecule has 0 aromatic rings. The van der Waals surface area contributed by atoms with Crippen molar-refractivity contribution in [1.29, 1.82) is 0 Å². The zero-order valence-corrected chi connectivity index (χ0v) is 7.92. The summed E-state index contributed by atoms with van der Waals surface area (Å²) in [6, 6.07) is 0. The lowest BCUT2D eigenvalue weighted by Gasteiger charge is -2.04. The van der Waals surface area contributed by atoms with E-state index in [0.29, 0.717) is 6.42 Å². The summed E-state index contributed by atoms with van der Waals surface area (Å²) >= 11 is 0. The van der Waals surface area contributed by atoms with Crippen molar-refractivity contribution in [2.24, 2.45) is 0 Å². The van der Waals surface area contributed by atoms with Crippen LogP contribution in [-0.2, 0) is 14.1 Å². The molecule has 0 fully saturated rings. The average molecular weight is 192 g/mol. The second-order valence-electron chi connectivity index (χ2n) is 2.50. The van der Waals surface area contributed by atoms with Crippen LogP contribution in [0.1, 0.15) is 6.42 Å². The van der Waals surface area contributed by atoms with Crippen LogP contribution < -0.4 is 0 Å². The van der Waals surface area contributed by atoms with E-state index in [9.17, 15) is 9.36 Å². The fourth-order valence-corrected chi connectivity index (χ4v) is 1.31. The van der Waals surface area contributed by atoms with Gasteiger partial charge >= 0.3 is 5.97 Å². The fraction of sp³-hybridized carbons (Fsp3) is 0.571. The molecule has 0 amide bonds. The highest BCUT2D eigenvalue weighted by Crippen LogP contribution is 2.35. The van der Waals surface area contributed by atoms with Crippen LogP contribution in [0.3, 0.4) is 0 Å². The van der Waals surface area contributed by atoms with Crippen LogP contribution in [0.4, 0.5) is 0 Å². The van der Waals surface area contributed by atoms with Crippen LogP contribution in [0.15, 0.2) is 12.7 Å². The first-order valence-corrected chi connectivity index (χ1v) is 5.83. The SMILES string of the molecule is C=CC(=O)OCCCP(C)(=O)O. The molecule has 4 nitrogen and oxygen atoms in total. The number of esters is 1. The smallest absolute Gasteiger partial charge is 0.330 e. The van der Waals surface area contributed by atoms with Crippen LogP contribution in [0, 0.1) is 0 Å². The number of hydrogen-bond donors (Lipinski definition) is 1. The minimum atomic E-state index is -2.95. The molecule has 0 bridgehead atoms. The Morgan fingerprint density at radius 1 is 1.75 bits per heavy atom. The molecular formula is C7H13O4P. The third-order valence-electron chi connectivity index (χ3n) is 1.13. The monoisotopic (exact) mass is 192 g/mol. The molecular weight excluding hydrogens is 179 g/mol. The van der Waals surface area contributed by atoms with Crippen LogP contribution >= 0.6 is 7.37 Å². The predicted octanol–water partition coefficient (Wildman–Crippen LogP) is 1.01. The zero-order valence-electron chi connectivity index (χ0n) is 7.02. The molecule has 12 heavy (non-hydrogen) atoms. The molecule has 1 unspecified atom stereocenters. The first-order chi connectivity index (χ1) is 5.45. The van der Waals surface area contributed by atoms with Gasteiger partial charge < -0.3 is 9.63 Å². The Morgan fingerprint density at radius 3 is 2.75 bits per heavy atom. The minimum absolute atomic E-state index is 0.170. The van der Waals surface area contributed by atoms with E-state index in [1.165, 1.54) is 6.66 Å². The Balaban J connectivity index is 3.40. The molecule has 1 atom stereocenters. The molecule has 70 valence electrons. The molecule has 0 aromatic heterocycles. The van der Waals surface area contributed by atoms with Crippen molar-refractivity contribution in [1.82, 2.24) is 0 Å². The highest BCUT2D eigenvalue weighted by Gasteiger charge is 2.08. The van der Waals surface area contributed by atoms with Gasteiger partial charge in [-0.1, -0.05) is 6.58 Å². The number of hydrogen-bond acceptors (Lipinski definition) is 3. The summed E-state index contributed by atoms with van der Waals surface area (Å²) in [7, 11) is -2.95. The first kappa shape index (κ1) is 11.4. The van der Waals surface area contributed by atoms with Gasteiger partial charge in [-0.15, -0.1) is 0 Å². The van der Waals surface area contributed by atoms with Gasteiger partial charge in [-0.05, 0) is 6.42 Å². The second kappa shape index (κ2) is 5.12. The zero-order chi connectivity index (χ0) is 9.61. The maximum absolute atomic E-state index is 10.7. The van der Waals surface area contributed by atoms with Crippen molar-refractivity contribution >= 4 is 13.3 Å². The van der Waals surface area contributed by atoms with Gasteiger partial charge in [0.05, 0.1) is 6.61 Å². The molecule has 0 aliphatic rings. The maximum Gasteiger partial charge on any atom is 0.330 e. The molecule has 5 heteroatoms. The maximum atomic E-state index is 10.7. The van der Waals surface area contributed by atoms with Crippen LogP contribution in [0.25, 0.3) is 0 Å². The quantitative estimate of drug-likeness (QED) is 0.305. The highest BCUT2D eigenvalue weighted by molar-refractivity contribution is 7.57. The van der Waals surface area contributed by atoms with Crippen molar-refractivity contribution in [2.75, 3.05) is 19.4 Å². The lowest BCUT2D eigenvalue weighted by Crippen LogP contribution is -2.03. The van der Waals surface area contributed by atoms with Gasteiger partial charge in [0.25, 0.3) is 0 Å². The van der Waals surface area contributed by atoms with Crippen molar-refractivity contribution in [3.63, 3.8) is 0 Å². The second-order valence-corrected chi connectivity index (χ2v) is 5.05. The summed E-state index contributed by atoms with van der Waals surface area (Å²) in [5.74, 6) is -0.501. The molecule has 0 radical (unpaired) electrons. The topological polar surface area (TPSA) is 63.6 Å². The standard InChI is InChI=1S/C7H13O4P/c1-3-7(8)11-5-4-6-12(2,9)10/h3H,1,4-6H2,2H3,(H,9,10). The third kappa shape index (κ3) is 7.51. The summed E-state index contributed by atoms with van der Waals surface area (Å²) in [4.78, 5) is 19.3. The summed E-state index contributed by atoms with van der Waals surface area (Å²) < 4.78 is 15.3. The molecule has 0 rings (SSSR count). The third-order valence-corrected chi connectivity index (χ3v) is 2.27. The number of carbonyl (C=O) groups is 1. The lowest BCUT2D eigenvalue weighted by atomic mass is 10.5. The Hall–Kier alpha value is -0.600. The van der Waals surface area contributed by atoms with Gasteiger partial charge in [0.15, 0.2) is 7.37 Å². The van der Waals surface area contributed by atoms with Crippen molar-refractivity contribution in [3.05, 3.63) is 12.7 Å².